The van der Waals surface area contributed by atoms with Gasteiger partial charge in [-0.1, -0.05) is 37.0 Å². The van der Waals surface area contributed by atoms with E-state index in [0.717, 1.165) is 12.0 Å². The molecule has 1 fully saturated rings. The highest BCUT2D eigenvalue weighted by atomic mass is 32.2. The zero-order chi connectivity index (χ0) is 17.6. The molecule has 1 aromatic rings. The van der Waals surface area contributed by atoms with E-state index in [1.54, 1.807) is 0 Å². The summed E-state index contributed by atoms with van der Waals surface area (Å²) in [4.78, 5) is 15.1. The van der Waals surface area contributed by atoms with Gasteiger partial charge in [0.25, 0.3) is 5.91 Å². The zero-order valence-electron chi connectivity index (χ0n) is 14.8. The van der Waals surface area contributed by atoms with Gasteiger partial charge in [-0.2, -0.15) is 0 Å². The lowest BCUT2D eigenvalue weighted by molar-refractivity contribution is -0.115. The Morgan fingerprint density at radius 1 is 1.42 bits per heavy atom. The molecule has 128 valence electrons. The number of carbonyl (C=O) groups excluding carboxylic acids is 1. The molecule has 5 heteroatoms. The van der Waals surface area contributed by atoms with Crippen LogP contribution in [0, 0.1) is 0 Å². The third-order valence-electron chi connectivity index (χ3n) is 4.76. The molecule has 3 rings (SSSR count). The lowest BCUT2D eigenvalue weighted by Crippen LogP contribution is -2.51. The smallest absolute Gasteiger partial charge is 0.263 e. The molecule has 1 atom stereocenters. The number of thioether (sulfide) groups is 1. The number of fused-ring (bicyclic) bond motifs is 1. The van der Waals surface area contributed by atoms with Crippen molar-refractivity contribution in [3.8, 4) is 0 Å². The second-order valence-electron chi connectivity index (χ2n) is 7.55. The van der Waals surface area contributed by atoms with Crippen LogP contribution in [0.3, 0.4) is 0 Å². The molecule has 1 amide bonds. The summed E-state index contributed by atoms with van der Waals surface area (Å²) < 4.78 is 0.533. The van der Waals surface area contributed by atoms with E-state index in [0.29, 0.717) is 21.2 Å². The zero-order valence-corrected chi connectivity index (χ0v) is 16.5. The van der Waals surface area contributed by atoms with Crippen molar-refractivity contribution in [3.63, 3.8) is 0 Å². The number of nitrogens with one attached hydrogen (secondary N) is 1. The first kappa shape index (κ1) is 17.5. The van der Waals surface area contributed by atoms with Gasteiger partial charge in [-0.15, -0.1) is 0 Å². The maximum absolute atomic E-state index is 11.9. The van der Waals surface area contributed by atoms with E-state index in [2.05, 4.69) is 63.0 Å². The van der Waals surface area contributed by atoms with Gasteiger partial charge in [0.2, 0.25) is 0 Å². The van der Waals surface area contributed by atoms with Crippen LogP contribution < -0.4 is 10.2 Å². The molecular formula is C19H24N2OS2. The van der Waals surface area contributed by atoms with Crippen LogP contribution in [-0.4, -0.2) is 21.8 Å². The number of carbonyl (C=O) groups is 1. The fraction of sp³-hybridized carbons (Fsp3) is 0.474. The lowest BCUT2D eigenvalue weighted by Gasteiger charge is -2.50. The molecular weight excluding hydrogens is 336 g/mol. The van der Waals surface area contributed by atoms with Gasteiger partial charge in [0.1, 0.15) is 4.32 Å². The van der Waals surface area contributed by atoms with Crippen molar-refractivity contribution in [2.45, 2.75) is 58.5 Å². The number of hydrogen-bond donors (Lipinski definition) is 1. The third-order valence-corrected chi connectivity index (χ3v) is 5.92. The van der Waals surface area contributed by atoms with Gasteiger partial charge < -0.3 is 10.2 Å². The van der Waals surface area contributed by atoms with Gasteiger partial charge in [0, 0.05) is 17.3 Å². The summed E-state index contributed by atoms with van der Waals surface area (Å²) in [6.45, 7) is 11.4. The SMILES string of the molecule is CC(C)N1c2ccc(/C=C3/SC(=S)NC3=O)cc2[C@@H](C)CC1(C)C. The summed E-state index contributed by atoms with van der Waals surface area (Å²) in [7, 11) is 0. The highest BCUT2D eigenvalue weighted by molar-refractivity contribution is 8.26. The van der Waals surface area contributed by atoms with Gasteiger partial charge >= 0.3 is 0 Å². The van der Waals surface area contributed by atoms with E-state index < -0.39 is 0 Å². The Hall–Kier alpha value is -1.33. The highest BCUT2D eigenvalue weighted by Gasteiger charge is 2.37. The predicted octanol–water partition coefficient (Wildman–Crippen LogP) is 4.68. The van der Waals surface area contributed by atoms with Crippen molar-refractivity contribution in [2.24, 2.45) is 0 Å². The molecule has 3 nitrogen and oxygen atoms in total. The molecule has 0 aromatic heterocycles. The second-order valence-corrected chi connectivity index (χ2v) is 9.27. The number of amides is 1. The molecule has 2 heterocycles. The maximum atomic E-state index is 11.9. The van der Waals surface area contributed by atoms with Crippen molar-refractivity contribution in [2.75, 3.05) is 4.90 Å². The van der Waals surface area contributed by atoms with Crippen LogP contribution in [0.15, 0.2) is 23.1 Å². The maximum Gasteiger partial charge on any atom is 0.263 e. The van der Waals surface area contributed by atoms with Gasteiger partial charge in [-0.25, -0.2) is 0 Å². The van der Waals surface area contributed by atoms with Crippen LogP contribution in [0.5, 0.6) is 0 Å². The number of nitrogens with zero attached hydrogens (tertiary/aromatic N) is 1. The van der Waals surface area contributed by atoms with E-state index in [9.17, 15) is 4.79 Å². The monoisotopic (exact) mass is 360 g/mol. The lowest BCUT2D eigenvalue weighted by atomic mass is 9.79. The Morgan fingerprint density at radius 2 is 2.12 bits per heavy atom. The average Bonchev–Trinajstić information content (AvgIpc) is 2.76. The first-order valence-electron chi connectivity index (χ1n) is 8.37. The average molecular weight is 361 g/mol. The van der Waals surface area contributed by atoms with Crippen LogP contribution in [0.25, 0.3) is 6.08 Å². The number of hydrogen-bond acceptors (Lipinski definition) is 4. The number of anilines is 1. The first-order valence-corrected chi connectivity index (χ1v) is 9.59. The minimum atomic E-state index is -0.0966. The topological polar surface area (TPSA) is 32.3 Å². The number of benzene rings is 1. The summed E-state index contributed by atoms with van der Waals surface area (Å²) >= 11 is 6.39. The van der Waals surface area contributed by atoms with Crippen LogP contribution in [0.2, 0.25) is 0 Å². The molecule has 0 unspecified atom stereocenters. The Bertz CT molecular complexity index is 737. The molecule has 0 aliphatic carbocycles. The van der Waals surface area contributed by atoms with Crippen LogP contribution in [-0.2, 0) is 4.79 Å². The summed E-state index contributed by atoms with van der Waals surface area (Å²) in [5.74, 6) is 0.398. The molecule has 0 bridgehead atoms. The third kappa shape index (κ3) is 3.11. The minimum absolute atomic E-state index is 0.0966. The Kier molecular flexibility index (Phi) is 4.51. The van der Waals surface area contributed by atoms with Gasteiger partial charge in [0.15, 0.2) is 0 Å². The van der Waals surface area contributed by atoms with Gasteiger partial charge in [-0.3, -0.25) is 4.79 Å². The largest absolute Gasteiger partial charge is 0.364 e. The van der Waals surface area contributed by atoms with Crippen molar-refractivity contribution in [1.82, 2.24) is 5.32 Å². The van der Waals surface area contributed by atoms with Crippen LogP contribution >= 0.6 is 24.0 Å². The Balaban J connectivity index is 2.02. The minimum Gasteiger partial charge on any atom is -0.364 e. The second kappa shape index (κ2) is 6.19. The summed E-state index contributed by atoms with van der Waals surface area (Å²) in [6.07, 6.45) is 3.06. The molecule has 24 heavy (non-hydrogen) atoms. The summed E-state index contributed by atoms with van der Waals surface area (Å²) in [6, 6.07) is 6.98. The molecule has 0 radical (unpaired) electrons. The van der Waals surface area contributed by atoms with Gasteiger partial charge in [-0.05, 0) is 69.4 Å². The summed E-state index contributed by atoms with van der Waals surface area (Å²) in [5.41, 5.74) is 3.89. The number of thiocarbonyl (C=S) groups is 1. The standard InChI is InChI=1S/C19H24N2OS2/c1-11(2)21-15-7-6-13(9-16-17(22)20-18(23)24-16)8-14(15)12(3)10-19(21,4)5/h6-9,11-12H,10H2,1-5H3,(H,20,22,23)/b16-9+/t12-/m0/s1. The summed E-state index contributed by atoms with van der Waals surface area (Å²) in [5, 5.41) is 2.67. The fourth-order valence-corrected chi connectivity index (χ4v) is 5.15. The molecule has 0 spiro atoms. The molecule has 0 saturated carbocycles. The van der Waals surface area contributed by atoms with E-state index in [4.69, 9.17) is 12.2 Å². The quantitative estimate of drug-likeness (QED) is 0.613. The van der Waals surface area contributed by atoms with Crippen molar-refractivity contribution >= 4 is 46.0 Å². The fourth-order valence-electron chi connectivity index (χ4n) is 4.11. The van der Waals surface area contributed by atoms with Gasteiger partial charge in [0.05, 0.1) is 4.91 Å². The molecule has 2 aliphatic rings. The van der Waals surface area contributed by atoms with Crippen molar-refractivity contribution in [1.29, 1.82) is 0 Å². The van der Waals surface area contributed by atoms with E-state index in [1.165, 1.54) is 23.0 Å². The van der Waals surface area contributed by atoms with E-state index in [1.807, 2.05) is 6.08 Å². The van der Waals surface area contributed by atoms with Crippen LogP contribution in [0.1, 0.15) is 58.1 Å². The van der Waals surface area contributed by atoms with E-state index >= 15 is 0 Å². The molecule has 1 saturated heterocycles. The first-order chi connectivity index (χ1) is 11.2. The highest BCUT2D eigenvalue weighted by Crippen LogP contribution is 2.45. The Labute approximate surface area is 153 Å². The normalized spacial score (nSPS) is 24.5. The molecule has 1 N–H and O–H groups in total. The molecule has 1 aromatic carbocycles. The van der Waals surface area contributed by atoms with E-state index in [-0.39, 0.29) is 11.4 Å². The van der Waals surface area contributed by atoms with Crippen LogP contribution in [0.4, 0.5) is 5.69 Å². The van der Waals surface area contributed by atoms with Crippen molar-refractivity contribution in [3.05, 3.63) is 34.2 Å². The number of rotatable bonds is 2. The predicted molar refractivity (Wildman–Crippen MR) is 107 cm³/mol. The Morgan fingerprint density at radius 3 is 2.71 bits per heavy atom. The molecule has 2 aliphatic heterocycles. The van der Waals surface area contributed by atoms with Crippen molar-refractivity contribution < 1.29 is 4.79 Å².